The quantitative estimate of drug-likeness (QED) is 0.694. The van der Waals surface area contributed by atoms with Crippen LogP contribution in [-0.2, 0) is 0 Å². The maximum atomic E-state index is 13.8. The van der Waals surface area contributed by atoms with Gasteiger partial charge in [-0.05, 0) is 30.7 Å². The van der Waals surface area contributed by atoms with Crippen LogP contribution < -0.4 is 4.90 Å². The zero-order valence-corrected chi connectivity index (χ0v) is 12.7. The Balaban J connectivity index is 1.55. The number of fused-ring (bicyclic) bond motifs is 1. The Kier molecular flexibility index (Phi) is 3.48. The summed E-state index contributed by atoms with van der Waals surface area (Å²) < 4.78 is 28.8. The number of carbonyl (C=O) groups is 1. The normalized spacial score (nSPS) is 17.6. The summed E-state index contributed by atoms with van der Waals surface area (Å²) in [5.74, 6) is -1.27. The number of anilines is 1. The third-order valence-electron chi connectivity index (χ3n) is 4.32. The van der Waals surface area contributed by atoms with Crippen molar-refractivity contribution in [2.24, 2.45) is 5.92 Å². The largest absolute Gasteiger partial charge is 0.356 e. The van der Waals surface area contributed by atoms with E-state index in [-0.39, 0.29) is 17.3 Å². The first kappa shape index (κ1) is 14.7. The predicted molar refractivity (Wildman–Crippen MR) is 84.0 cm³/mol. The van der Waals surface area contributed by atoms with Crippen molar-refractivity contribution in [2.45, 2.75) is 6.42 Å². The predicted octanol–water partition coefficient (Wildman–Crippen LogP) is 2.72. The van der Waals surface area contributed by atoms with Crippen LogP contribution in [0.15, 0.2) is 42.7 Å². The monoisotopic (exact) mass is 328 g/mol. The van der Waals surface area contributed by atoms with Gasteiger partial charge in [0, 0.05) is 31.3 Å². The van der Waals surface area contributed by atoms with Crippen molar-refractivity contribution in [3.8, 4) is 0 Å². The molecule has 5 nitrogen and oxygen atoms in total. The average molecular weight is 328 g/mol. The van der Waals surface area contributed by atoms with E-state index in [1.54, 1.807) is 23.0 Å². The van der Waals surface area contributed by atoms with Crippen molar-refractivity contribution in [2.75, 3.05) is 18.0 Å². The lowest BCUT2D eigenvalue weighted by molar-refractivity contribution is 0.0926. The third kappa shape index (κ3) is 2.51. The number of nitrogens with zero attached hydrogens (tertiary/aromatic N) is 4. The average Bonchev–Trinajstić information content (AvgIpc) is 3.24. The molecule has 3 heterocycles. The Morgan fingerprint density at radius 2 is 2.08 bits per heavy atom. The van der Waals surface area contributed by atoms with E-state index in [9.17, 15) is 13.6 Å². The molecule has 1 fully saturated rings. The van der Waals surface area contributed by atoms with Crippen LogP contribution in [0.25, 0.3) is 5.65 Å². The summed E-state index contributed by atoms with van der Waals surface area (Å²) in [6.07, 6.45) is 4.05. The topological polar surface area (TPSA) is 50.5 Å². The van der Waals surface area contributed by atoms with Gasteiger partial charge in [-0.15, -0.1) is 0 Å². The van der Waals surface area contributed by atoms with Gasteiger partial charge in [-0.25, -0.2) is 18.3 Å². The van der Waals surface area contributed by atoms with Crippen molar-refractivity contribution in [3.05, 3.63) is 59.9 Å². The Labute approximate surface area is 136 Å². The van der Waals surface area contributed by atoms with Crippen LogP contribution in [0, 0.1) is 17.6 Å². The molecule has 1 aliphatic rings. The number of halogens is 2. The number of benzene rings is 1. The SMILES string of the molecule is O=C(c1cc(F)ccc1F)C1CCN(c2ccn3nccc3n2)C1. The minimum atomic E-state index is -0.682. The highest BCUT2D eigenvalue weighted by Gasteiger charge is 2.31. The molecule has 2 aromatic heterocycles. The lowest BCUT2D eigenvalue weighted by Crippen LogP contribution is -2.24. The summed E-state index contributed by atoms with van der Waals surface area (Å²) in [6, 6.07) is 6.60. The minimum Gasteiger partial charge on any atom is -0.356 e. The van der Waals surface area contributed by atoms with Gasteiger partial charge in [-0.1, -0.05) is 0 Å². The van der Waals surface area contributed by atoms with Crippen LogP contribution in [-0.4, -0.2) is 33.5 Å². The van der Waals surface area contributed by atoms with E-state index in [0.717, 1.165) is 29.7 Å². The van der Waals surface area contributed by atoms with Gasteiger partial charge in [0.25, 0.3) is 0 Å². The summed E-state index contributed by atoms with van der Waals surface area (Å²) >= 11 is 0. The Morgan fingerprint density at radius 3 is 2.96 bits per heavy atom. The van der Waals surface area contributed by atoms with Gasteiger partial charge in [-0.2, -0.15) is 5.10 Å². The molecule has 0 aliphatic carbocycles. The number of carbonyl (C=O) groups excluding carboxylic acids is 1. The molecule has 1 atom stereocenters. The van der Waals surface area contributed by atoms with E-state index in [1.807, 2.05) is 11.0 Å². The molecule has 0 spiro atoms. The molecule has 1 saturated heterocycles. The first-order chi connectivity index (χ1) is 11.6. The van der Waals surface area contributed by atoms with Gasteiger partial charge in [0.15, 0.2) is 11.4 Å². The second-order valence-corrected chi connectivity index (χ2v) is 5.84. The Hall–Kier alpha value is -2.83. The molecule has 0 N–H and O–H groups in total. The maximum absolute atomic E-state index is 13.8. The number of rotatable bonds is 3. The van der Waals surface area contributed by atoms with Crippen LogP contribution in [0.4, 0.5) is 14.6 Å². The first-order valence-corrected chi connectivity index (χ1v) is 7.66. The van der Waals surface area contributed by atoms with E-state index in [1.165, 1.54) is 0 Å². The molecule has 0 bridgehead atoms. The molecule has 3 aromatic rings. The van der Waals surface area contributed by atoms with Crippen molar-refractivity contribution in [1.29, 1.82) is 0 Å². The minimum absolute atomic E-state index is 0.180. The van der Waals surface area contributed by atoms with Gasteiger partial charge in [0.1, 0.15) is 17.5 Å². The van der Waals surface area contributed by atoms with Gasteiger partial charge < -0.3 is 4.90 Å². The van der Waals surface area contributed by atoms with E-state index in [4.69, 9.17) is 0 Å². The molecule has 1 aliphatic heterocycles. The number of ketones is 1. The van der Waals surface area contributed by atoms with Crippen LogP contribution in [0.5, 0.6) is 0 Å². The molecule has 1 unspecified atom stereocenters. The lowest BCUT2D eigenvalue weighted by Gasteiger charge is -2.17. The number of Topliss-reactive ketones (excluding diaryl/α,β-unsaturated/α-hetero) is 1. The molecule has 7 heteroatoms. The Morgan fingerprint density at radius 1 is 1.21 bits per heavy atom. The van der Waals surface area contributed by atoms with Gasteiger partial charge in [0.2, 0.25) is 0 Å². The van der Waals surface area contributed by atoms with Crippen LogP contribution in [0.2, 0.25) is 0 Å². The molecule has 0 saturated carbocycles. The van der Waals surface area contributed by atoms with Crippen molar-refractivity contribution < 1.29 is 13.6 Å². The van der Waals surface area contributed by atoms with E-state index in [2.05, 4.69) is 10.1 Å². The fraction of sp³-hybridized carbons (Fsp3) is 0.235. The standard InChI is InChI=1S/C17H14F2N4O/c18-12-1-2-14(19)13(9-12)17(24)11-4-7-22(10-11)15-5-8-23-16(21-15)3-6-20-23/h1-3,5-6,8-9,11H,4,7,10H2. The second kappa shape index (κ2) is 5.67. The fourth-order valence-corrected chi connectivity index (χ4v) is 3.07. The van der Waals surface area contributed by atoms with Crippen LogP contribution >= 0.6 is 0 Å². The van der Waals surface area contributed by atoms with E-state index < -0.39 is 11.6 Å². The molecular weight excluding hydrogens is 314 g/mol. The lowest BCUT2D eigenvalue weighted by atomic mass is 9.96. The molecular formula is C17H14F2N4O. The summed E-state index contributed by atoms with van der Waals surface area (Å²) in [7, 11) is 0. The highest BCUT2D eigenvalue weighted by Crippen LogP contribution is 2.26. The fourth-order valence-electron chi connectivity index (χ4n) is 3.07. The summed E-state index contributed by atoms with van der Waals surface area (Å²) in [4.78, 5) is 19.0. The molecule has 24 heavy (non-hydrogen) atoms. The van der Waals surface area contributed by atoms with Crippen molar-refractivity contribution in [1.82, 2.24) is 14.6 Å². The van der Waals surface area contributed by atoms with E-state index >= 15 is 0 Å². The van der Waals surface area contributed by atoms with Crippen molar-refractivity contribution >= 4 is 17.2 Å². The molecule has 1 aromatic carbocycles. The smallest absolute Gasteiger partial charge is 0.170 e. The zero-order valence-electron chi connectivity index (χ0n) is 12.7. The Bertz CT molecular complexity index is 924. The molecule has 122 valence electrons. The number of hydrogen-bond donors (Lipinski definition) is 0. The van der Waals surface area contributed by atoms with Gasteiger partial charge >= 0.3 is 0 Å². The number of hydrogen-bond acceptors (Lipinski definition) is 4. The summed E-state index contributed by atoms with van der Waals surface area (Å²) in [6.45, 7) is 1.08. The maximum Gasteiger partial charge on any atom is 0.170 e. The van der Waals surface area contributed by atoms with Crippen LogP contribution in [0.3, 0.4) is 0 Å². The van der Waals surface area contributed by atoms with Crippen molar-refractivity contribution in [3.63, 3.8) is 0 Å². The highest BCUT2D eigenvalue weighted by atomic mass is 19.1. The molecule has 0 amide bonds. The number of aromatic nitrogens is 3. The van der Waals surface area contributed by atoms with Gasteiger partial charge in [0.05, 0.1) is 11.8 Å². The molecule has 0 radical (unpaired) electrons. The third-order valence-corrected chi connectivity index (χ3v) is 4.32. The first-order valence-electron chi connectivity index (χ1n) is 7.66. The highest BCUT2D eigenvalue weighted by molar-refractivity contribution is 5.98. The summed E-state index contributed by atoms with van der Waals surface area (Å²) in [5.41, 5.74) is 0.541. The van der Waals surface area contributed by atoms with E-state index in [0.29, 0.717) is 19.5 Å². The van der Waals surface area contributed by atoms with Crippen LogP contribution in [0.1, 0.15) is 16.8 Å². The zero-order chi connectivity index (χ0) is 16.7. The van der Waals surface area contributed by atoms with Gasteiger partial charge in [-0.3, -0.25) is 4.79 Å². The summed E-state index contributed by atoms with van der Waals surface area (Å²) in [5, 5.41) is 4.09. The second-order valence-electron chi connectivity index (χ2n) is 5.84. The molecule has 4 rings (SSSR count).